The van der Waals surface area contributed by atoms with Crippen LogP contribution in [0.4, 0.5) is 5.69 Å². The average Bonchev–Trinajstić information content (AvgIpc) is 2.87. The molecule has 1 amide bonds. The lowest BCUT2D eigenvalue weighted by atomic mass is 10.2. The number of nitrogens with two attached hydrogens (primary N) is 1. The van der Waals surface area contributed by atoms with Crippen molar-refractivity contribution < 1.29 is 9.53 Å². The minimum Gasteiger partial charge on any atom is -0.493 e. The Morgan fingerprint density at radius 1 is 1.33 bits per heavy atom. The van der Waals surface area contributed by atoms with Crippen LogP contribution in [0.25, 0.3) is 0 Å². The number of ether oxygens (including phenoxy) is 1. The highest BCUT2D eigenvalue weighted by Crippen LogP contribution is 2.27. The first-order valence-corrected chi connectivity index (χ1v) is 7.76. The topological polar surface area (TPSA) is 64.3 Å². The monoisotopic (exact) mass is 304 g/mol. The van der Waals surface area contributed by atoms with Gasteiger partial charge in [0.2, 0.25) is 5.91 Å². The van der Waals surface area contributed by atoms with Gasteiger partial charge in [-0.2, -0.15) is 0 Å². The minimum absolute atomic E-state index is 0.231. The Balaban J connectivity index is 1.90. The summed E-state index contributed by atoms with van der Waals surface area (Å²) in [7, 11) is 0. The van der Waals surface area contributed by atoms with E-state index in [0.717, 1.165) is 11.4 Å². The molecule has 0 saturated carbocycles. The molecule has 0 fully saturated rings. The van der Waals surface area contributed by atoms with Gasteiger partial charge in [0.05, 0.1) is 19.1 Å². The van der Waals surface area contributed by atoms with Crippen LogP contribution < -0.4 is 15.8 Å². The number of carbonyl (C=O) groups is 1. The molecule has 5 heteroatoms. The van der Waals surface area contributed by atoms with E-state index in [2.05, 4.69) is 30.6 Å². The summed E-state index contributed by atoms with van der Waals surface area (Å²) < 4.78 is 5.44. The highest BCUT2D eigenvalue weighted by atomic mass is 32.1. The van der Waals surface area contributed by atoms with Gasteiger partial charge in [-0.3, -0.25) is 4.79 Å². The zero-order chi connectivity index (χ0) is 15.2. The molecule has 0 aliphatic rings. The molecule has 4 nitrogen and oxygen atoms in total. The number of aryl methyl sites for hydroxylation is 1. The van der Waals surface area contributed by atoms with Crippen molar-refractivity contribution in [3.8, 4) is 5.75 Å². The van der Waals surface area contributed by atoms with Gasteiger partial charge in [0.25, 0.3) is 0 Å². The van der Waals surface area contributed by atoms with Gasteiger partial charge in [0.1, 0.15) is 5.75 Å². The van der Waals surface area contributed by atoms with Gasteiger partial charge in [0, 0.05) is 10.6 Å². The maximum atomic E-state index is 10.6. The molecule has 1 aromatic carbocycles. The molecule has 0 saturated heterocycles. The summed E-state index contributed by atoms with van der Waals surface area (Å²) in [6, 6.07) is 10.1. The number of nitrogens with one attached hydrogen (secondary N) is 1. The van der Waals surface area contributed by atoms with Crippen LogP contribution in [0.2, 0.25) is 0 Å². The summed E-state index contributed by atoms with van der Waals surface area (Å²) in [5.74, 6) is 0.384. The summed E-state index contributed by atoms with van der Waals surface area (Å²) in [6.07, 6.45) is 0.231. The summed E-state index contributed by atoms with van der Waals surface area (Å²) in [4.78, 5) is 12.0. The second-order valence-corrected chi connectivity index (χ2v) is 5.87. The first-order valence-electron chi connectivity index (χ1n) is 6.88. The van der Waals surface area contributed by atoms with Gasteiger partial charge in [-0.1, -0.05) is 0 Å². The molecule has 112 valence electrons. The number of anilines is 1. The molecular weight excluding hydrogens is 284 g/mol. The van der Waals surface area contributed by atoms with Crippen molar-refractivity contribution in [3.05, 3.63) is 46.2 Å². The van der Waals surface area contributed by atoms with E-state index in [4.69, 9.17) is 10.5 Å². The fraction of sp³-hybridized carbons (Fsp3) is 0.312. The fourth-order valence-corrected chi connectivity index (χ4v) is 3.00. The number of primary amides is 1. The van der Waals surface area contributed by atoms with Crippen LogP contribution in [0.15, 0.2) is 35.7 Å². The van der Waals surface area contributed by atoms with Gasteiger partial charge < -0.3 is 15.8 Å². The van der Waals surface area contributed by atoms with Crippen LogP contribution in [-0.4, -0.2) is 12.5 Å². The Morgan fingerprint density at radius 2 is 2.05 bits per heavy atom. The third-order valence-electron chi connectivity index (χ3n) is 3.15. The van der Waals surface area contributed by atoms with Gasteiger partial charge in [0.15, 0.2) is 0 Å². The smallest absolute Gasteiger partial charge is 0.220 e. The molecule has 1 unspecified atom stereocenters. The number of hydrogen-bond donors (Lipinski definition) is 2. The zero-order valence-electron chi connectivity index (χ0n) is 12.3. The number of thiophene rings is 1. The second kappa shape index (κ2) is 7.13. The molecule has 0 spiro atoms. The number of rotatable bonds is 7. The average molecular weight is 304 g/mol. The lowest BCUT2D eigenvalue weighted by Gasteiger charge is -2.15. The second-order valence-electron chi connectivity index (χ2n) is 4.92. The number of hydrogen-bond acceptors (Lipinski definition) is 4. The predicted molar refractivity (Wildman–Crippen MR) is 86.8 cm³/mol. The molecule has 0 aliphatic carbocycles. The Hall–Kier alpha value is -2.01. The van der Waals surface area contributed by atoms with Gasteiger partial charge in [-0.15, -0.1) is 11.3 Å². The molecule has 3 N–H and O–H groups in total. The lowest BCUT2D eigenvalue weighted by Crippen LogP contribution is -2.14. The van der Waals surface area contributed by atoms with Crippen molar-refractivity contribution in [2.45, 2.75) is 26.3 Å². The first kappa shape index (κ1) is 15.4. The number of amides is 1. The quantitative estimate of drug-likeness (QED) is 0.823. The van der Waals surface area contributed by atoms with Crippen LogP contribution in [0, 0.1) is 6.92 Å². The fourth-order valence-electron chi connectivity index (χ4n) is 2.06. The maximum Gasteiger partial charge on any atom is 0.220 e. The summed E-state index contributed by atoms with van der Waals surface area (Å²) in [5, 5.41) is 5.58. The molecule has 2 aromatic rings. The zero-order valence-corrected chi connectivity index (χ0v) is 13.1. The Labute approximate surface area is 128 Å². The van der Waals surface area contributed by atoms with Crippen molar-refractivity contribution in [3.63, 3.8) is 0 Å². The molecule has 1 aromatic heterocycles. The minimum atomic E-state index is -0.353. The maximum absolute atomic E-state index is 10.6. The summed E-state index contributed by atoms with van der Waals surface area (Å²) >= 11 is 1.76. The Bertz CT molecular complexity index is 593. The van der Waals surface area contributed by atoms with Crippen LogP contribution in [0.5, 0.6) is 5.75 Å². The molecule has 0 aliphatic heterocycles. The molecule has 2 rings (SSSR count). The lowest BCUT2D eigenvalue weighted by molar-refractivity contribution is -0.118. The standard InChI is InChI=1S/C16H20N2O2S/c1-11-8-10-21-16(11)12(2)18-13-3-5-14(6-4-13)20-9-7-15(17)19/h3-6,8,10,12,18H,7,9H2,1-2H3,(H2,17,19). The van der Waals surface area contributed by atoms with E-state index < -0.39 is 0 Å². The van der Waals surface area contributed by atoms with E-state index in [1.54, 1.807) is 11.3 Å². The van der Waals surface area contributed by atoms with E-state index in [1.165, 1.54) is 10.4 Å². The van der Waals surface area contributed by atoms with E-state index in [1.807, 2.05) is 24.3 Å². The summed E-state index contributed by atoms with van der Waals surface area (Å²) in [6.45, 7) is 4.59. The number of benzene rings is 1. The third kappa shape index (κ3) is 4.49. The van der Waals surface area contributed by atoms with Crippen LogP contribution in [0.1, 0.15) is 29.8 Å². The van der Waals surface area contributed by atoms with E-state index >= 15 is 0 Å². The molecule has 21 heavy (non-hydrogen) atoms. The highest BCUT2D eigenvalue weighted by molar-refractivity contribution is 7.10. The van der Waals surface area contributed by atoms with Crippen LogP contribution >= 0.6 is 11.3 Å². The molecule has 0 bridgehead atoms. The van der Waals surface area contributed by atoms with Crippen molar-refractivity contribution in [2.24, 2.45) is 5.73 Å². The Kier molecular flexibility index (Phi) is 5.22. The van der Waals surface area contributed by atoms with E-state index in [9.17, 15) is 4.79 Å². The highest BCUT2D eigenvalue weighted by Gasteiger charge is 2.09. The van der Waals surface area contributed by atoms with Crippen molar-refractivity contribution >= 4 is 22.9 Å². The van der Waals surface area contributed by atoms with Gasteiger partial charge in [-0.05, 0) is 55.1 Å². The van der Waals surface area contributed by atoms with Crippen molar-refractivity contribution in [1.29, 1.82) is 0 Å². The van der Waals surface area contributed by atoms with Crippen molar-refractivity contribution in [1.82, 2.24) is 0 Å². The molecule has 1 heterocycles. The van der Waals surface area contributed by atoms with Gasteiger partial charge >= 0.3 is 0 Å². The van der Waals surface area contributed by atoms with Crippen LogP contribution in [-0.2, 0) is 4.79 Å². The van der Waals surface area contributed by atoms with Gasteiger partial charge in [-0.25, -0.2) is 0 Å². The largest absolute Gasteiger partial charge is 0.493 e. The SMILES string of the molecule is Cc1ccsc1C(C)Nc1ccc(OCCC(N)=O)cc1. The van der Waals surface area contributed by atoms with E-state index in [-0.39, 0.29) is 18.4 Å². The summed E-state index contributed by atoms with van der Waals surface area (Å²) in [5.41, 5.74) is 7.42. The van der Waals surface area contributed by atoms with Crippen molar-refractivity contribution in [2.75, 3.05) is 11.9 Å². The third-order valence-corrected chi connectivity index (χ3v) is 4.35. The molecular formula is C16H20N2O2S. The van der Waals surface area contributed by atoms with E-state index in [0.29, 0.717) is 6.61 Å². The normalized spacial score (nSPS) is 11.9. The predicted octanol–water partition coefficient (Wildman–Crippen LogP) is 3.48. The first-order chi connectivity index (χ1) is 10.1. The van der Waals surface area contributed by atoms with Crippen LogP contribution in [0.3, 0.4) is 0 Å². The molecule has 1 atom stereocenters. The molecule has 0 radical (unpaired) electrons. The Morgan fingerprint density at radius 3 is 2.62 bits per heavy atom. The number of carbonyl (C=O) groups excluding carboxylic acids is 1.